The van der Waals surface area contributed by atoms with E-state index >= 15 is 0 Å². The normalized spacial score (nSPS) is 21.7. The molecule has 1 atom stereocenters. The third kappa shape index (κ3) is 2.78. The maximum atomic E-state index is 12.3. The molecule has 1 saturated heterocycles. The molecule has 1 unspecified atom stereocenters. The zero-order valence-electron chi connectivity index (χ0n) is 11.6. The van der Waals surface area contributed by atoms with Crippen LogP contribution in [0.5, 0.6) is 0 Å². The third-order valence-electron chi connectivity index (χ3n) is 3.84. The fourth-order valence-electron chi connectivity index (χ4n) is 2.63. The number of hydrogen-bond acceptors (Lipinski definition) is 4. The van der Waals surface area contributed by atoms with E-state index < -0.39 is 5.97 Å². The van der Waals surface area contributed by atoms with Gasteiger partial charge in [-0.1, -0.05) is 0 Å². The number of aromatic carboxylic acids is 1. The Morgan fingerprint density at radius 2 is 2.14 bits per heavy atom. The predicted octanol–water partition coefficient (Wildman–Crippen LogP) is 1.70. The lowest BCUT2D eigenvalue weighted by atomic mass is 10.1. The van der Waals surface area contributed by atoms with Gasteiger partial charge >= 0.3 is 5.97 Å². The Morgan fingerprint density at radius 3 is 2.76 bits per heavy atom. The Labute approximate surface area is 125 Å². The predicted molar refractivity (Wildman–Crippen MR) is 77.5 cm³/mol. The quantitative estimate of drug-likeness (QED) is 0.886. The second-order valence-corrected chi connectivity index (χ2v) is 6.83. The molecule has 0 bridgehead atoms. The molecule has 7 heteroatoms. The fourth-order valence-corrected chi connectivity index (χ4v) is 3.53. The highest BCUT2D eigenvalue weighted by Gasteiger charge is 2.41. The molecule has 0 spiro atoms. The lowest BCUT2D eigenvalue weighted by molar-refractivity contribution is -0.128. The van der Waals surface area contributed by atoms with Crippen molar-refractivity contribution < 1.29 is 19.5 Å². The van der Waals surface area contributed by atoms with Gasteiger partial charge in [-0.15, -0.1) is 11.3 Å². The smallest absolute Gasteiger partial charge is 0.338 e. The molecule has 1 saturated carbocycles. The van der Waals surface area contributed by atoms with Crippen LogP contribution in [0, 0.1) is 12.8 Å². The first-order valence-corrected chi connectivity index (χ1v) is 7.71. The molecule has 0 aromatic carbocycles. The first-order chi connectivity index (χ1) is 9.95. The van der Waals surface area contributed by atoms with Gasteiger partial charge in [0.1, 0.15) is 5.00 Å². The number of carboxylic acids is 1. The first kappa shape index (κ1) is 14.1. The Kier molecular flexibility index (Phi) is 3.44. The molecule has 0 radical (unpaired) electrons. The van der Waals surface area contributed by atoms with Gasteiger partial charge in [-0.2, -0.15) is 0 Å². The molecule has 2 heterocycles. The summed E-state index contributed by atoms with van der Waals surface area (Å²) in [7, 11) is 0. The molecule has 2 aliphatic rings. The van der Waals surface area contributed by atoms with Crippen molar-refractivity contribution in [2.75, 3.05) is 11.9 Å². The van der Waals surface area contributed by atoms with Crippen molar-refractivity contribution in [1.29, 1.82) is 0 Å². The summed E-state index contributed by atoms with van der Waals surface area (Å²) < 4.78 is 0. The van der Waals surface area contributed by atoms with Gasteiger partial charge in [0.05, 0.1) is 11.5 Å². The number of carbonyl (C=O) groups is 3. The summed E-state index contributed by atoms with van der Waals surface area (Å²) in [6.07, 6.45) is 2.26. The van der Waals surface area contributed by atoms with Gasteiger partial charge in [-0.3, -0.25) is 9.59 Å². The molecule has 1 aliphatic carbocycles. The highest BCUT2D eigenvalue weighted by atomic mass is 32.1. The van der Waals surface area contributed by atoms with E-state index in [0.717, 1.165) is 17.7 Å². The van der Waals surface area contributed by atoms with Crippen molar-refractivity contribution in [1.82, 2.24) is 4.90 Å². The second-order valence-electron chi connectivity index (χ2n) is 5.57. The van der Waals surface area contributed by atoms with Crippen LogP contribution in [0.1, 0.15) is 34.5 Å². The van der Waals surface area contributed by atoms with Crippen LogP contribution in [0.2, 0.25) is 0 Å². The number of aryl methyl sites for hydroxylation is 1. The number of likely N-dealkylation sites (tertiary alicyclic amines) is 1. The highest BCUT2D eigenvalue weighted by molar-refractivity contribution is 7.16. The summed E-state index contributed by atoms with van der Waals surface area (Å²) in [5, 5.41) is 12.1. The lowest BCUT2D eigenvalue weighted by Crippen LogP contribution is -2.29. The summed E-state index contributed by atoms with van der Waals surface area (Å²) in [6, 6.07) is 1.85. The minimum Gasteiger partial charge on any atom is -0.478 e. The molecular weight excluding hydrogens is 292 g/mol. The number of amides is 2. The van der Waals surface area contributed by atoms with Gasteiger partial charge in [-0.05, 0) is 25.8 Å². The number of rotatable bonds is 4. The number of nitrogens with one attached hydrogen (secondary N) is 1. The summed E-state index contributed by atoms with van der Waals surface area (Å²) in [5.74, 6) is -1.69. The van der Waals surface area contributed by atoms with E-state index in [1.165, 1.54) is 11.3 Å². The Balaban J connectivity index is 1.69. The maximum absolute atomic E-state index is 12.3. The van der Waals surface area contributed by atoms with Crippen LogP contribution < -0.4 is 5.32 Å². The second kappa shape index (κ2) is 5.14. The van der Waals surface area contributed by atoms with Crippen LogP contribution in [0.4, 0.5) is 5.00 Å². The maximum Gasteiger partial charge on any atom is 0.338 e. The van der Waals surface area contributed by atoms with Crippen LogP contribution in [-0.2, 0) is 9.59 Å². The number of nitrogens with zero attached hydrogens (tertiary/aromatic N) is 1. The molecule has 1 aromatic heterocycles. The summed E-state index contributed by atoms with van der Waals surface area (Å²) in [6.45, 7) is 2.24. The van der Waals surface area contributed by atoms with E-state index in [2.05, 4.69) is 5.32 Å². The molecule has 21 heavy (non-hydrogen) atoms. The van der Waals surface area contributed by atoms with Crippen molar-refractivity contribution >= 4 is 34.1 Å². The van der Waals surface area contributed by atoms with Crippen LogP contribution in [0.15, 0.2) is 6.07 Å². The van der Waals surface area contributed by atoms with E-state index in [-0.39, 0.29) is 29.7 Å². The SMILES string of the molecule is Cc1cc(C(=O)O)c(NC(=O)C2CC(=O)N(C3CC3)C2)s1. The van der Waals surface area contributed by atoms with Crippen LogP contribution in [-0.4, -0.2) is 40.4 Å². The van der Waals surface area contributed by atoms with Gasteiger partial charge in [0.15, 0.2) is 0 Å². The van der Waals surface area contributed by atoms with Gasteiger partial charge in [0.25, 0.3) is 0 Å². The number of carbonyl (C=O) groups excluding carboxylic acids is 2. The summed E-state index contributed by atoms with van der Waals surface area (Å²) in [4.78, 5) is 37.8. The van der Waals surface area contributed by atoms with Gasteiger partial charge in [0.2, 0.25) is 11.8 Å². The molecule has 1 aromatic rings. The van der Waals surface area contributed by atoms with Crippen molar-refractivity contribution in [3.63, 3.8) is 0 Å². The Hall–Kier alpha value is -1.89. The largest absolute Gasteiger partial charge is 0.478 e. The lowest BCUT2D eigenvalue weighted by Gasteiger charge is -2.15. The number of anilines is 1. The molecule has 6 nitrogen and oxygen atoms in total. The fraction of sp³-hybridized carbons (Fsp3) is 0.500. The Bertz CT molecular complexity index is 620. The third-order valence-corrected chi connectivity index (χ3v) is 4.81. The van der Waals surface area contributed by atoms with Crippen molar-refractivity contribution in [2.45, 2.75) is 32.2 Å². The van der Waals surface area contributed by atoms with E-state index in [0.29, 0.717) is 17.6 Å². The average Bonchev–Trinajstić information content (AvgIpc) is 3.08. The highest BCUT2D eigenvalue weighted by Crippen LogP contribution is 2.34. The molecule has 1 aliphatic heterocycles. The molecule has 2 amide bonds. The van der Waals surface area contributed by atoms with Crippen LogP contribution in [0.25, 0.3) is 0 Å². The summed E-state index contributed by atoms with van der Waals surface area (Å²) >= 11 is 1.24. The number of thiophene rings is 1. The monoisotopic (exact) mass is 308 g/mol. The zero-order chi connectivity index (χ0) is 15.1. The van der Waals surface area contributed by atoms with E-state index in [1.54, 1.807) is 17.9 Å². The van der Waals surface area contributed by atoms with Crippen LogP contribution >= 0.6 is 11.3 Å². The van der Waals surface area contributed by atoms with Crippen LogP contribution in [0.3, 0.4) is 0 Å². The van der Waals surface area contributed by atoms with Crippen molar-refractivity contribution in [3.05, 3.63) is 16.5 Å². The molecular formula is C14H16N2O4S. The topological polar surface area (TPSA) is 86.7 Å². The Morgan fingerprint density at radius 1 is 1.43 bits per heavy atom. The molecule has 2 fully saturated rings. The first-order valence-electron chi connectivity index (χ1n) is 6.89. The van der Waals surface area contributed by atoms with E-state index in [1.807, 2.05) is 0 Å². The molecule has 112 valence electrons. The minimum atomic E-state index is -1.06. The van der Waals surface area contributed by atoms with E-state index in [9.17, 15) is 14.4 Å². The van der Waals surface area contributed by atoms with E-state index in [4.69, 9.17) is 5.11 Å². The van der Waals surface area contributed by atoms with Gasteiger partial charge in [-0.25, -0.2) is 4.79 Å². The standard InChI is InChI=1S/C14H16N2O4S/c1-7-4-10(14(19)20)13(21-7)15-12(18)8-5-11(17)16(6-8)9-2-3-9/h4,8-9H,2-3,5-6H2,1H3,(H,15,18)(H,19,20). The minimum absolute atomic E-state index is 0.0264. The number of carboxylic acid groups (broad SMARTS) is 1. The summed E-state index contributed by atoms with van der Waals surface area (Å²) in [5.41, 5.74) is 0.106. The molecule has 2 N–H and O–H groups in total. The molecule has 3 rings (SSSR count). The van der Waals surface area contributed by atoms with Crippen molar-refractivity contribution in [2.24, 2.45) is 5.92 Å². The average molecular weight is 308 g/mol. The van der Waals surface area contributed by atoms with Gasteiger partial charge in [0, 0.05) is 23.9 Å². The van der Waals surface area contributed by atoms with Crippen molar-refractivity contribution in [3.8, 4) is 0 Å². The zero-order valence-corrected chi connectivity index (χ0v) is 12.4. The van der Waals surface area contributed by atoms with Gasteiger partial charge < -0.3 is 15.3 Å². The number of hydrogen-bond donors (Lipinski definition) is 2.